The van der Waals surface area contributed by atoms with Gasteiger partial charge in [0.05, 0.1) is 12.1 Å². The van der Waals surface area contributed by atoms with Crippen LogP contribution in [0.15, 0.2) is 30.3 Å². The van der Waals surface area contributed by atoms with Gasteiger partial charge >= 0.3 is 0 Å². The number of aryl methyl sites for hydroxylation is 4. The van der Waals surface area contributed by atoms with Crippen molar-refractivity contribution in [1.82, 2.24) is 30.6 Å². The molecule has 2 heterocycles. The first-order valence-electron chi connectivity index (χ1n) is 9.84. The highest BCUT2D eigenvalue weighted by atomic mass is 16.2. The van der Waals surface area contributed by atoms with Crippen LogP contribution in [0.25, 0.3) is 5.95 Å². The van der Waals surface area contributed by atoms with Crippen molar-refractivity contribution in [2.75, 3.05) is 0 Å². The maximum absolute atomic E-state index is 12.4. The van der Waals surface area contributed by atoms with Crippen molar-refractivity contribution in [2.24, 2.45) is 0 Å². The number of hydrazine groups is 1. The van der Waals surface area contributed by atoms with Crippen LogP contribution >= 0.6 is 0 Å². The SMILES string of the molecule is CCc1ccc(C(=O)NNC(=O)Cc2c(C)nn(-c3nc(C)cc(C)n3)c2C)cc1. The van der Waals surface area contributed by atoms with Crippen LogP contribution in [-0.4, -0.2) is 31.6 Å². The third-order valence-electron chi connectivity index (χ3n) is 4.88. The second-order valence-corrected chi connectivity index (χ2v) is 7.24. The van der Waals surface area contributed by atoms with Crippen LogP contribution in [-0.2, 0) is 17.6 Å². The standard InChI is InChI=1S/C22H26N6O2/c1-6-17-7-9-18(10-8-17)21(30)26-25-20(29)12-19-15(4)27-28(16(19)5)22-23-13(2)11-14(3)24-22/h7-11H,6,12H2,1-5H3,(H,25,29)(H,26,30). The van der Waals surface area contributed by atoms with E-state index in [1.165, 1.54) is 0 Å². The van der Waals surface area contributed by atoms with Crippen LogP contribution < -0.4 is 10.9 Å². The van der Waals surface area contributed by atoms with E-state index in [1.807, 2.05) is 52.8 Å². The summed E-state index contributed by atoms with van der Waals surface area (Å²) in [5, 5.41) is 4.50. The minimum Gasteiger partial charge on any atom is -0.273 e. The molecule has 156 valence electrons. The molecule has 0 saturated heterocycles. The molecular formula is C22H26N6O2. The smallest absolute Gasteiger partial charge is 0.269 e. The van der Waals surface area contributed by atoms with E-state index in [2.05, 4.69) is 25.9 Å². The molecule has 8 nitrogen and oxygen atoms in total. The summed E-state index contributed by atoms with van der Waals surface area (Å²) in [6.07, 6.45) is 0.982. The summed E-state index contributed by atoms with van der Waals surface area (Å²) in [5.74, 6) is -0.219. The summed E-state index contributed by atoms with van der Waals surface area (Å²) in [4.78, 5) is 33.5. The van der Waals surface area contributed by atoms with Crippen molar-refractivity contribution >= 4 is 11.8 Å². The van der Waals surface area contributed by atoms with Gasteiger partial charge in [0.15, 0.2) is 0 Å². The molecule has 0 aliphatic heterocycles. The maximum Gasteiger partial charge on any atom is 0.269 e. The normalized spacial score (nSPS) is 10.7. The third kappa shape index (κ3) is 4.71. The largest absolute Gasteiger partial charge is 0.273 e. The summed E-state index contributed by atoms with van der Waals surface area (Å²) in [6, 6.07) is 9.16. The molecule has 3 rings (SSSR count). The first kappa shape index (κ1) is 21.2. The molecule has 0 radical (unpaired) electrons. The van der Waals surface area contributed by atoms with Gasteiger partial charge in [-0.05, 0) is 57.9 Å². The molecule has 30 heavy (non-hydrogen) atoms. The van der Waals surface area contributed by atoms with Crippen LogP contribution in [0.1, 0.15) is 51.2 Å². The molecule has 0 atom stereocenters. The fraction of sp³-hybridized carbons (Fsp3) is 0.318. The summed E-state index contributed by atoms with van der Waals surface area (Å²) in [5.41, 5.74) is 10.5. The Hall–Kier alpha value is -3.55. The highest BCUT2D eigenvalue weighted by Gasteiger charge is 2.18. The quantitative estimate of drug-likeness (QED) is 0.634. The van der Waals surface area contributed by atoms with Crippen LogP contribution in [0.2, 0.25) is 0 Å². The van der Waals surface area contributed by atoms with Crippen molar-refractivity contribution in [3.05, 3.63) is 69.8 Å². The minimum absolute atomic E-state index is 0.0809. The van der Waals surface area contributed by atoms with Gasteiger partial charge in [0, 0.05) is 28.2 Å². The maximum atomic E-state index is 12.4. The molecule has 0 spiro atoms. The molecule has 2 N–H and O–H groups in total. The molecule has 0 fully saturated rings. The number of nitrogens with zero attached hydrogens (tertiary/aromatic N) is 4. The van der Waals surface area contributed by atoms with Gasteiger partial charge in [-0.3, -0.25) is 20.4 Å². The Bertz CT molecular complexity index is 1070. The average molecular weight is 406 g/mol. The predicted octanol–water partition coefficient (Wildman–Crippen LogP) is 2.46. The van der Waals surface area contributed by atoms with Crippen molar-refractivity contribution < 1.29 is 9.59 Å². The highest BCUT2D eigenvalue weighted by molar-refractivity contribution is 5.95. The van der Waals surface area contributed by atoms with Gasteiger partial charge in [-0.25, -0.2) is 14.6 Å². The Morgan fingerprint density at radius 1 is 0.967 bits per heavy atom. The van der Waals surface area contributed by atoms with Crippen molar-refractivity contribution in [3.63, 3.8) is 0 Å². The van der Waals surface area contributed by atoms with E-state index in [-0.39, 0.29) is 18.2 Å². The zero-order chi connectivity index (χ0) is 21.8. The molecule has 1 aromatic carbocycles. The number of benzene rings is 1. The van der Waals surface area contributed by atoms with Gasteiger partial charge in [-0.1, -0.05) is 19.1 Å². The Labute approximate surface area is 175 Å². The highest BCUT2D eigenvalue weighted by Crippen LogP contribution is 2.17. The first-order valence-corrected chi connectivity index (χ1v) is 9.84. The fourth-order valence-electron chi connectivity index (χ4n) is 3.22. The summed E-state index contributed by atoms with van der Waals surface area (Å²) in [7, 11) is 0. The van der Waals surface area contributed by atoms with E-state index < -0.39 is 0 Å². The number of nitrogens with one attached hydrogen (secondary N) is 2. The molecule has 2 amide bonds. The number of hydrogen-bond donors (Lipinski definition) is 2. The molecule has 0 unspecified atom stereocenters. The fourth-order valence-corrected chi connectivity index (χ4v) is 3.22. The molecule has 0 aliphatic carbocycles. The topological polar surface area (TPSA) is 102 Å². The van der Waals surface area contributed by atoms with Crippen molar-refractivity contribution in [1.29, 1.82) is 0 Å². The number of rotatable bonds is 5. The van der Waals surface area contributed by atoms with Crippen LogP contribution in [0, 0.1) is 27.7 Å². The first-order chi connectivity index (χ1) is 14.3. The van der Waals surface area contributed by atoms with E-state index in [4.69, 9.17) is 0 Å². The second kappa shape index (κ2) is 8.86. The average Bonchev–Trinajstić information content (AvgIpc) is 2.99. The Morgan fingerprint density at radius 3 is 2.20 bits per heavy atom. The summed E-state index contributed by atoms with van der Waals surface area (Å²) >= 11 is 0. The van der Waals surface area contributed by atoms with Crippen molar-refractivity contribution in [3.8, 4) is 5.95 Å². The third-order valence-corrected chi connectivity index (χ3v) is 4.88. The molecule has 8 heteroatoms. The lowest BCUT2D eigenvalue weighted by atomic mass is 10.1. The molecule has 3 aromatic rings. The molecular weight excluding hydrogens is 380 g/mol. The van der Waals surface area contributed by atoms with Gasteiger partial charge in [0.1, 0.15) is 0 Å². The molecule has 0 aliphatic rings. The summed E-state index contributed by atoms with van der Waals surface area (Å²) < 4.78 is 1.64. The molecule has 0 bridgehead atoms. The zero-order valence-corrected chi connectivity index (χ0v) is 17.9. The van der Waals surface area contributed by atoms with Crippen LogP contribution in [0.3, 0.4) is 0 Å². The van der Waals surface area contributed by atoms with Crippen LogP contribution in [0.5, 0.6) is 0 Å². The monoisotopic (exact) mass is 406 g/mol. The van der Waals surface area contributed by atoms with Gasteiger partial charge in [0.2, 0.25) is 5.91 Å². The lowest BCUT2D eigenvalue weighted by Crippen LogP contribution is -2.42. The zero-order valence-electron chi connectivity index (χ0n) is 17.9. The molecule has 2 aromatic heterocycles. The minimum atomic E-state index is -0.362. The Kier molecular flexibility index (Phi) is 6.25. The van der Waals surface area contributed by atoms with Gasteiger partial charge < -0.3 is 0 Å². The lowest BCUT2D eigenvalue weighted by Gasteiger charge is -2.09. The Morgan fingerprint density at radius 2 is 1.60 bits per heavy atom. The predicted molar refractivity (Wildman–Crippen MR) is 113 cm³/mol. The Balaban J connectivity index is 1.68. The van der Waals surface area contributed by atoms with Crippen molar-refractivity contribution in [2.45, 2.75) is 47.5 Å². The summed E-state index contributed by atoms with van der Waals surface area (Å²) in [6.45, 7) is 9.56. The number of aromatic nitrogens is 4. The second-order valence-electron chi connectivity index (χ2n) is 7.24. The van der Waals surface area contributed by atoms with E-state index in [1.54, 1.807) is 16.8 Å². The van der Waals surface area contributed by atoms with Crippen LogP contribution in [0.4, 0.5) is 0 Å². The van der Waals surface area contributed by atoms with Gasteiger partial charge in [-0.15, -0.1) is 0 Å². The number of carbonyl (C=O) groups is 2. The van der Waals surface area contributed by atoms with Gasteiger partial charge in [0.25, 0.3) is 11.9 Å². The van der Waals surface area contributed by atoms with E-state index in [0.29, 0.717) is 17.2 Å². The number of hydrogen-bond acceptors (Lipinski definition) is 5. The van der Waals surface area contributed by atoms with Gasteiger partial charge in [-0.2, -0.15) is 5.10 Å². The number of amides is 2. The van der Waals surface area contributed by atoms with E-state index >= 15 is 0 Å². The van der Waals surface area contributed by atoms with E-state index in [0.717, 1.165) is 34.6 Å². The number of carbonyl (C=O) groups excluding carboxylic acids is 2. The lowest BCUT2D eigenvalue weighted by molar-refractivity contribution is -0.121. The molecule has 0 saturated carbocycles. The van der Waals surface area contributed by atoms with E-state index in [9.17, 15) is 9.59 Å².